The molecule has 5 nitrogen and oxygen atoms in total. The molecule has 1 N–H and O–H groups in total. The van der Waals surface area contributed by atoms with Gasteiger partial charge in [0.1, 0.15) is 0 Å². The predicted octanol–water partition coefficient (Wildman–Crippen LogP) is 3.21. The van der Waals surface area contributed by atoms with Crippen LogP contribution in [0.2, 0.25) is 0 Å². The number of nitrogens with one attached hydrogen (secondary N) is 1. The van der Waals surface area contributed by atoms with Crippen LogP contribution in [0.1, 0.15) is 38.3 Å². The lowest BCUT2D eigenvalue weighted by molar-refractivity contribution is 0.424. The first kappa shape index (κ1) is 14.5. The number of hydrogen-bond acceptors (Lipinski definition) is 5. The van der Waals surface area contributed by atoms with Crippen LogP contribution in [0.25, 0.3) is 0 Å². The number of rotatable bonds is 6. The highest BCUT2D eigenvalue weighted by Gasteiger charge is 2.18. The van der Waals surface area contributed by atoms with Gasteiger partial charge < -0.3 is 9.73 Å². The lowest BCUT2D eigenvalue weighted by Crippen LogP contribution is -2.18. The van der Waals surface area contributed by atoms with Crippen molar-refractivity contribution in [2.75, 3.05) is 18.0 Å². The Kier molecular flexibility index (Phi) is 4.74. The minimum absolute atomic E-state index is 0.0665. The molecule has 0 aliphatic rings. The van der Waals surface area contributed by atoms with Crippen LogP contribution in [0, 0.1) is 6.92 Å². The molecule has 1 heterocycles. The number of para-hydroxylation sites is 1. The van der Waals surface area contributed by atoms with Gasteiger partial charge in [-0.2, -0.15) is 0 Å². The second-order valence-electron chi connectivity index (χ2n) is 4.73. The summed E-state index contributed by atoms with van der Waals surface area (Å²) in [7, 11) is 0. The van der Waals surface area contributed by atoms with Gasteiger partial charge in [0.15, 0.2) is 0 Å². The zero-order valence-corrected chi connectivity index (χ0v) is 12.6. The van der Waals surface area contributed by atoms with Crippen LogP contribution in [0.5, 0.6) is 0 Å². The first-order valence-corrected chi connectivity index (χ1v) is 7.07. The summed E-state index contributed by atoms with van der Waals surface area (Å²) in [6.07, 6.45) is 0. The molecular formula is C15H22N4O. The largest absolute Gasteiger partial charge is 0.406 e. The number of benzene rings is 1. The maximum absolute atomic E-state index is 5.80. The fraction of sp³-hybridized carbons (Fsp3) is 0.467. The lowest BCUT2D eigenvalue weighted by Gasteiger charge is -2.20. The lowest BCUT2D eigenvalue weighted by atomic mass is 10.2. The highest BCUT2D eigenvalue weighted by atomic mass is 16.4. The monoisotopic (exact) mass is 274 g/mol. The van der Waals surface area contributed by atoms with Gasteiger partial charge >= 0.3 is 6.01 Å². The number of hydrogen-bond donors (Lipinski definition) is 1. The smallest absolute Gasteiger partial charge is 0.322 e. The van der Waals surface area contributed by atoms with Gasteiger partial charge in [-0.05, 0) is 38.9 Å². The summed E-state index contributed by atoms with van der Waals surface area (Å²) in [5.74, 6) is 0.619. The number of anilines is 2. The summed E-state index contributed by atoms with van der Waals surface area (Å²) in [5, 5.41) is 11.6. The Labute approximate surface area is 120 Å². The van der Waals surface area contributed by atoms with Crippen molar-refractivity contribution in [3.63, 3.8) is 0 Å². The number of aryl methyl sites for hydroxylation is 1. The summed E-state index contributed by atoms with van der Waals surface area (Å²) >= 11 is 0. The molecule has 1 aromatic heterocycles. The Bertz CT molecular complexity index is 552. The molecule has 1 unspecified atom stereocenters. The van der Waals surface area contributed by atoms with E-state index in [4.69, 9.17) is 4.42 Å². The Morgan fingerprint density at radius 3 is 2.65 bits per heavy atom. The molecule has 0 aliphatic carbocycles. The standard InChI is InChI=1S/C15H22N4O/c1-5-16-12(4)14-17-18-15(20-14)19(6-2)13-10-8-7-9-11(13)3/h7-10,12,16H,5-6H2,1-4H3. The van der Waals surface area contributed by atoms with Crippen LogP contribution in [-0.2, 0) is 0 Å². The Hall–Kier alpha value is -1.88. The van der Waals surface area contributed by atoms with Gasteiger partial charge in [0.2, 0.25) is 5.89 Å². The number of aromatic nitrogens is 2. The normalized spacial score (nSPS) is 12.4. The molecule has 2 aromatic rings. The van der Waals surface area contributed by atoms with Crippen LogP contribution in [0.15, 0.2) is 28.7 Å². The minimum atomic E-state index is 0.0665. The molecule has 0 radical (unpaired) electrons. The zero-order valence-electron chi connectivity index (χ0n) is 12.6. The third-order valence-corrected chi connectivity index (χ3v) is 3.26. The summed E-state index contributed by atoms with van der Waals surface area (Å²) < 4.78 is 5.80. The van der Waals surface area contributed by atoms with Crippen molar-refractivity contribution in [3.8, 4) is 0 Å². The van der Waals surface area contributed by atoms with E-state index >= 15 is 0 Å². The van der Waals surface area contributed by atoms with Gasteiger partial charge in [-0.15, -0.1) is 5.10 Å². The molecule has 0 bridgehead atoms. The first-order valence-electron chi connectivity index (χ1n) is 7.07. The van der Waals surface area contributed by atoms with E-state index in [2.05, 4.69) is 48.4 Å². The van der Waals surface area contributed by atoms with E-state index in [-0.39, 0.29) is 6.04 Å². The second kappa shape index (κ2) is 6.52. The molecule has 0 amide bonds. The average Bonchev–Trinajstić information content (AvgIpc) is 2.92. The summed E-state index contributed by atoms with van der Waals surface area (Å²) in [5.41, 5.74) is 2.29. The van der Waals surface area contributed by atoms with E-state index in [9.17, 15) is 0 Å². The summed E-state index contributed by atoms with van der Waals surface area (Å²) in [6.45, 7) is 9.88. The van der Waals surface area contributed by atoms with Crippen molar-refractivity contribution in [3.05, 3.63) is 35.7 Å². The molecule has 5 heteroatoms. The third-order valence-electron chi connectivity index (χ3n) is 3.26. The zero-order chi connectivity index (χ0) is 14.5. The van der Waals surface area contributed by atoms with E-state index in [0.717, 1.165) is 18.8 Å². The molecule has 0 spiro atoms. The quantitative estimate of drug-likeness (QED) is 0.876. The van der Waals surface area contributed by atoms with Crippen molar-refractivity contribution in [1.82, 2.24) is 15.5 Å². The molecule has 1 aromatic carbocycles. The van der Waals surface area contributed by atoms with Crippen molar-refractivity contribution in [2.24, 2.45) is 0 Å². The third kappa shape index (κ3) is 2.99. The summed E-state index contributed by atoms with van der Waals surface area (Å²) in [6, 6.07) is 8.80. The van der Waals surface area contributed by atoms with Gasteiger partial charge in [0.25, 0.3) is 0 Å². The maximum atomic E-state index is 5.80. The molecular weight excluding hydrogens is 252 g/mol. The van der Waals surface area contributed by atoms with Crippen molar-refractivity contribution < 1.29 is 4.42 Å². The Morgan fingerprint density at radius 2 is 2.00 bits per heavy atom. The molecule has 20 heavy (non-hydrogen) atoms. The van der Waals surface area contributed by atoms with Crippen LogP contribution in [0.4, 0.5) is 11.7 Å². The molecule has 0 saturated heterocycles. The topological polar surface area (TPSA) is 54.2 Å². The van der Waals surface area contributed by atoms with E-state index in [1.165, 1.54) is 5.56 Å². The average molecular weight is 274 g/mol. The van der Waals surface area contributed by atoms with Crippen LogP contribution in [-0.4, -0.2) is 23.3 Å². The number of nitrogens with zero attached hydrogens (tertiary/aromatic N) is 3. The molecule has 108 valence electrons. The molecule has 0 aliphatic heterocycles. The van der Waals surface area contributed by atoms with Crippen LogP contribution < -0.4 is 10.2 Å². The Balaban J connectivity index is 2.27. The van der Waals surface area contributed by atoms with Crippen molar-refractivity contribution >= 4 is 11.7 Å². The van der Waals surface area contributed by atoms with E-state index < -0.39 is 0 Å². The van der Waals surface area contributed by atoms with Crippen LogP contribution in [0.3, 0.4) is 0 Å². The van der Waals surface area contributed by atoms with E-state index in [1.807, 2.05) is 24.0 Å². The van der Waals surface area contributed by atoms with Gasteiger partial charge in [0, 0.05) is 12.2 Å². The summed E-state index contributed by atoms with van der Waals surface area (Å²) in [4.78, 5) is 2.03. The van der Waals surface area contributed by atoms with Crippen LogP contribution >= 0.6 is 0 Å². The predicted molar refractivity (Wildman–Crippen MR) is 80.2 cm³/mol. The molecule has 1 atom stereocenters. The maximum Gasteiger partial charge on any atom is 0.322 e. The fourth-order valence-electron chi connectivity index (χ4n) is 2.18. The van der Waals surface area contributed by atoms with Gasteiger partial charge in [0.05, 0.1) is 6.04 Å². The molecule has 0 fully saturated rings. The minimum Gasteiger partial charge on any atom is -0.406 e. The van der Waals surface area contributed by atoms with Crippen molar-refractivity contribution in [1.29, 1.82) is 0 Å². The SMILES string of the molecule is CCNC(C)c1nnc(N(CC)c2ccccc2C)o1. The fourth-order valence-corrected chi connectivity index (χ4v) is 2.18. The first-order chi connectivity index (χ1) is 9.67. The van der Waals surface area contributed by atoms with E-state index in [1.54, 1.807) is 0 Å². The molecule has 0 saturated carbocycles. The van der Waals surface area contributed by atoms with Gasteiger partial charge in [-0.25, -0.2) is 0 Å². The van der Waals surface area contributed by atoms with Crippen molar-refractivity contribution in [2.45, 2.75) is 33.7 Å². The van der Waals surface area contributed by atoms with Gasteiger partial charge in [-0.1, -0.05) is 30.2 Å². The highest BCUT2D eigenvalue weighted by Crippen LogP contribution is 2.27. The molecule has 2 rings (SSSR count). The van der Waals surface area contributed by atoms with Gasteiger partial charge in [-0.3, -0.25) is 4.90 Å². The highest BCUT2D eigenvalue weighted by molar-refractivity contribution is 5.60. The second-order valence-corrected chi connectivity index (χ2v) is 4.73. The Morgan fingerprint density at radius 1 is 1.25 bits per heavy atom. The van der Waals surface area contributed by atoms with E-state index in [0.29, 0.717) is 11.9 Å².